The van der Waals surface area contributed by atoms with E-state index in [1.165, 1.54) is 11.3 Å². The molecule has 2 heterocycles. The largest absolute Gasteiger partial charge is 0.493 e. The lowest BCUT2D eigenvalue weighted by atomic mass is 10.0. The Morgan fingerprint density at radius 3 is 2.75 bits per heavy atom. The molecule has 188 valence electrons. The van der Waals surface area contributed by atoms with Gasteiger partial charge in [-0.1, -0.05) is 59.3 Å². The molecule has 36 heavy (non-hydrogen) atoms. The Morgan fingerprint density at radius 1 is 1.17 bits per heavy atom. The van der Waals surface area contributed by atoms with Crippen LogP contribution in [0.3, 0.4) is 0 Å². The summed E-state index contributed by atoms with van der Waals surface area (Å²) in [6, 6.07) is 15.7. The lowest BCUT2D eigenvalue weighted by Crippen LogP contribution is -2.39. The van der Waals surface area contributed by atoms with E-state index in [0.717, 1.165) is 65.8 Å². The Labute approximate surface area is 220 Å². The van der Waals surface area contributed by atoms with Crippen molar-refractivity contribution in [3.63, 3.8) is 0 Å². The van der Waals surface area contributed by atoms with Gasteiger partial charge in [-0.3, -0.25) is 14.6 Å². The Morgan fingerprint density at radius 2 is 1.97 bits per heavy atom. The standard InChI is InChI=1S/C28H30ClN3O3S/c1-3-35-23-12-10-20-7-4-5-8-21(20)24(23)27(33)32(14-6-13-31-15-17-34-18-16-31)28-30-25-19(2)9-11-22(29)26(25)36-28/h4-5,7-12H,3,6,13-18H2,1-2H3. The monoisotopic (exact) mass is 523 g/mol. The molecule has 0 atom stereocenters. The van der Waals surface area contributed by atoms with Crippen molar-refractivity contribution in [2.75, 3.05) is 50.9 Å². The van der Waals surface area contributed by atoms with Crippen molar-refractivity contribution in [3.8, 4) is 5.75 Å². The van der Waals surface area contributed by atoms with E-state index < -0.39 is 0 Å². The summed E-state index contributed by atoms with van der Waals surface area (Å²) in [5.41, 5.74) is 2.46. The molecule has 0 radical (unpaired) electrons. The van der Waals surface area contributed by atoms with Crippen LogP contribution in [0.5, 0.6) is 5.75 Å². The maximum absolute atomic E-state index is 14.3. The van der Waals surface area contributed by atoms with Gasteiger partial charge in [0.05, 0.1) is 40.6 Å². The molecule has 1 amide bonds. The van der Waals surface area contributed by atoms with Crippen LogP contribution in [0.1, 0.15) is 29.3 Å². The maximum atomic E-state index is 14.3. The summed E-state index contributed by atoms with van der Waals surface area (Å²) in [6.07, 6.45) is 0.823. The molecule has 4 aromatic rings. The predicted octanol–water partition coefficient (Wildman–Crippen LogP) is 6.18. The van der Waals surface area contributed by atoms with Crippen molar-refractivity contribution in [2.45, 2.75) is 20.3 Å². The van der Waals surface area contributed by atoms with Gasteiger partial charge >= 0.3 is 0 Å². The highest BCUT2D eigenvalue weighted by Crippen LogP contribution is 2.38. The summed E-state index contributed by atoms with van der Waals surface area (Å²) in [4.78, 5) is 23.4. The third kappa shape index (κ3) is 5.06. The third-order valence-corrected chi connectivity index (χ3v) is 8.06. The summed E-state index contributed by atoms with van der Waals surface area (Å²) in [6.45, 7) is 9.21. The average molecular weight is 524 g/mol. The average Bonchev–Trinajstić information content (AvgIpc) is 3.36. The van der Waals surface area contributed by atoms with Crippen LogP contribution in [-0.2, 0) is 4.74 Å². The number of carbonyl (C=O) groups is 1. The van der Waals surface area contributed by atoms with Crippen molar-refractivity contribution >= 4 is 55.0 Å². The molecule has 6 nitrogen and oxygen atoms in total. The van der Waals surface area contributed by atoms with Gasteiger partial charge in [-0.15, -0.1) is 0 Å². The number of amides is 1. The molecule has 0 aliphatic carbocycles. The predicted molar refractivity (Wildman–Crippen MR) is 148 cm³/mol. The van der Waals surface area contributed by atoms with Crippen molar-refractivity contribution < 1.29 is 14.3 Å². The topological polar surface area (TPSA) is 54.9 Å². The van der Waals surface area contributed by atoms with Gasteiger partial charge in [0.15, 0.2) is 5.13 Å². The first-order valence-corrected chi connectivity index (χ1v) is 13.6. The van der Waals surface area contributed by atoms with Crippen molar-refractivity contribution in [1.82, 2.24) is 9.88 Å². The number of ether oxygens (including phenoxy) is 2. The lowest BCUT2D eigenvalue weighted by molar-refractivity contribution is 0.0376. The number of anilines is 1. The zero-order valence-electron chi connectivity index (χ0n) is 20.6. The fourth-order valence-electron chi connectivity index (χ4n) is 4.65. The molecule has 0 N–H and O–H groups in total. The van der Waals surface area contributed by atoms with Crippen LogP contribution in [0, 0.1) is 6.92 Å². The second kappa shape index (κ2) is 11.1. The molecule has 1 fully saturated rings. The first-order valence-electron chi connectivity index (χ1n) is 12.4. The first kappa shape index (κ1) is 25.0. The van der Waals surface area contributed by atoms with Gasteiger partial charge in [-0.25, -0.2) is 4.98 Å². The Kier molecular flexibility index (Phi) is 7.72. The number of benzene rings is 3. The zero-order valence-corrected chi connectivity index (χ0v) is 22.2. The normalized spacial score (nSPS) is 14.4. The van der Waals surface area contributed by atoms with Gasteiger partial charge in [-0.05, 0) is 48.7 Å². The van der Waals surface area contributed by atoms with Crippen LogP contribution in [0.2, 0.25) is 5.02 Å². The molecule has 8 heteroatoms. The molecule has 3 aromatic carbocycles. The van der Waals surface area contributed by atoms with Gasteiger partial charge < -0.3 is 9.47 Å². The fourth-order valence-corrected chi connectivity index (χ4v) is 5.99. The number of morpholine rings is 1. The van der Waals surface area contributed by atoms with Gasteiger partial charge in [0.25, 0.3) is 5.91 Å². The zero-order chi connectivity index (χ0) is 25.1. The summed E-state index contributed by atoms with van der Waals surface area (Å²) in [5, 5.41) is 3.19. The fraction of sp³-hybridized carbons (Fsp3) is 0.357. The van der Waals surface area contributed by atoms with Crippen molar-refractivity contribution in [1.29, 1.82) is 0 Å². The number of hydrogen-bond donors (Lipinski definition) is 0. The quantitative estimate of drug-likeness (QED) is 0.276. The summed E-state index contributed by atoms with van der Waals surface area (Å²) in [7, 11) is 0. The molecule has 0 bridgehead atoms. The molecular weight excluding hydrogens is 494 g/mol. The number of rotatable bonds is 8. The number of aromatic nitrogens is 1. The van der Waals surface area contributed by atoms with E-state index in [1.807, 2.05) is 67.3 Å². The number of nitrogens with zero attached hydrogens (tertiary/aromatic N) is 3. The van der Waals surface area contributed by atoms with E-state index in [1.54, 1.807) is 0 Å². The number of aryl methyl sites for hydroxylation is 1. The Hall–Kier alpha value is -2.71. The van der Waals surface area contributed by atoms with E-state index in [9.17, 15) is 4.79 Å². The number of thiazole rings is 1. The number of fused-ring (bicyclic) bond motifs is 2. The molecule has 1 aliphatic heterocycles. The molecular formula is C28H30ClN3O3S. The number of carbonyl (C=O) groups excluding carboxylic acids is 1. The van der Waals surface area contributed by atoms with Crippen molar-refractivity contribution in [3.05, 3.63) is 64.7 Å². The number of halogens is 1. The maximum Gasteiger partial charge on any atom is 0.264 e. The molecule has 0 spiro atoms. The molecule has 0 unspecified atom stereocenters. The minimum Gasteiger partial charge on any atom is -0.493 e. The van der Waals surface area contributed by atoms with Gasteiger partial charge in [0.1, 0.15) is 5.75 Å². The van der Waals surface area contributed by atoms with E-state index >= 15 is 0 Å². The molecule has 1 aromatic heterocycles. The second-order valence-corrected chi connectivity index (χ2v) is 10.3. The highest BCUT2D eigenvalue weighted by molar-refractivity contribution is 7.23. The second-order valence-electron chi connectivity index (χ2n) is 8.90. The first-order chi connectivity index (χ1) is 17.6. The van der Waals surface area contributed by atoms with Crippen molar-refractivity contribution in [2.24, 2.45) is 0 Å². The minimum absolute atomic E-state index is 0.106. The van der Waals surface area contributed by atoms with Gasteiger partial charge in [0.2, 0.25) is 0 Å². The Balaban J connectivity index is 1.55. The van der Waals surface area contributed by atoms with Gasteiger partial charge in [-0.2, -0.15) is 0 Å². The molecule has 1 aliphatic rings. The van der Waals surface area contributed by atoms with Crippen LogP contribution in [-0.4, -0.2) is 61.8 Å². The van der Waals surface area contributed by atoms with Crippen LogP contribution in [0.25, 0.3) is 21.0 Å². The van der Waals surface area contributed by atoms with Crippen LogP contribution >= 0.6 is 22.9 Å². The summed E-state index contributed by atoms with van der Waals surface area (Å²) < 4.78 is 12.3. The SMILES string of the molecule is CCOc1ccc2ccccc2c1C(=O)N(CCCN1CCOCC1)c1nc2c(C)ccc(Cl)c2s1. The molecule has 5 rings (SSSR count). The smallest absolute Gasteiger partial charge is 0.264 e. The molecule has 0 saturated carbocycles. The number of hydrogen-bond acceptors (Lipinski definition) is 6. The van der Waals surface area contributed by atoms with E-state index in [4.69, 9.17) is 26.1 Å². The third-order valence-electron chi connectivity index (χ3n) is 6.53. The highest BCUT2D eigenvalue weighted by Gasteiger charge is 2.27. The van der Waals surface area contributed by atoms with E-state index in [-0.39, 0.29) is 5.91 Å². The Bertz CT molecular complexity index is 1340. The lowest BCUT2D eigenvalue weighted by Gasteiger charge is -2.28. The van der Waals surface area contributed by atoms with Crippen LogP contribution in [0.4, 0.5) is 5.13 Å². The van der Waals surface area contributed by atoms with Crippen LogP contribution < -0.4 is 9.64 Å². The van der Waals surface area contributed by atoms with E-state index in [0.29, 0.717) is 34.6 Å². The van der Waals surface area contributed by atoms with Crippen LogP contribution in [0.15, 0.2) is 48.5 Å². The van der Waals surface area contributed by atoms with Gasteiger partial charge in [0, 0.05) is 26.2 Å². The summed E-state index contributed by atoms with van der Waals surface area (Å²) in [5.74, 6) is 0.486. The minimum atomic E-state index is -0.106. The highest BCUT2D eigenvalue weighted by atomic mass is 35.5. The summed E-state index contributed by atoms with van der Waals surface area (Å²) >= 11 is 7.99. The molecule has 1 saturated heterocycles. The van der Waals surface area contributed by atoms with E-state index in [2.05, 4.69) is 4.90 Å².